The van der Waals surface area contributed by atoms with Crippen LogP contribution in [-0.4, -0.2) is 61.6 Å². The number of anilines is 1. The molecule has 1 aromatic carbocycles. The second kappa shape index (κ2) is 11.0. The molecule has 13 heteroatoms. The van der Waals surface area contributed by atoms with Gasteiger partial charge in [-0.25, -0.2) is 20.0 Å². The third kappa shape index (κ3) is 6.08. The van der Waals surface area contributed by atoms with E-state index in [2.05, 4.69) is 20.0 Å². The SMILES string of the molecule is CC(C)OC(=O)C(C)NP(=O)(Cc1ccccc1)OC[C@H]1O[C@@H](n2cnc3c(N)ncnc32)C[C@H]1O. The number of carbonyl (C=O) groups excluding carboxylic acids is 1. The molecule has 0 amide bonds. The zero-order valence-corrected chi connectivity index (χ0v) is 21.2. The van der Waals surface area contributed by atoms with Crippen LogP contribution < -0.4 is 10.8 Å². The number of nitrogens with one attached hydrogen (secondary N) is 1. The van der Waals surface area contributed by atoms with Crippen LogP contribution in [0.1, 0.15) is 39.0 Å². The number of ether oxygens (including phenoxy) is 2. The fraction of sp³-hybridized carbons (Fsp3) is 0.478. The second-order valence-corrected chi connectivity index (χ2v) is 11.1. The molecule has 0 aliphatic carbocycles. The third-order valence-electron chi connectivity index (χ3n) is 5.68. The summed E-state index contributed by atoms with van der Waals surface area (Å²) in [5.41, 5.74) is 7.55. The Morgan fingerprint density at radius 3 is 2.75 bits per heavy atom. The monoisotopic (exact) mass is 518 g/mol. The van der Waals surface area contributed by atoms with E-state index in [0.29, 0.717) is 11.2 Å². The lowest BCUT2D eigenvalue weighted by Crippen LogP contribution is -2.36. The van der Waals surface area contributed by atoms with E-state index in [1.807, 2.05) is 30.3 Å². The molecular weight excluding hydrogens is 487 g/mol. The maximum absolute atomic E-state index is 13.8. The summed E-state index contributed by atoms with van der Waals surface area (Å²) in [7, 11) is -3.60. The molecule has 3 aromatic rings. The lowest BCUT2D eigenvalue weighted by atomic mass is 10.2. The van der Waals surface area contributed by atoms with Gasteiger partial charge in [0.25, 0.3) is 7.52 Å². The summed E-state index contributed by atoms with van der Waals surface area (Å²) in [5, 5.41) is 13.5. The van der Waals surface area contributed by atoms with Crippen molar-refractivity contribution in [1.29, 1.82) is 0 Å². The summed E-state index contributed by atoms with van der Waals surface area (Å²) in [4.78, 5) is 24.7. The predicted molar refractivity (Wildman–Crippen MR) is 132 cm³/mol. The van der Waals surface area contributed by atoms with Crippen molar-refractivity contribution < 1.29 is 28.5 Å². The molecular formula is C23H31N6O6P. The van der Waals surface area contributed by atoms with Gasteiger partial charge in [-0.3, -0.25) is 13.9 Å². The summed E-state index contributed by atoms with van der Waals surface area (Å²) in [6.07, 6.45) is 0.609. The van der Waals surface area contributed by atoms with Crippen LogP contribution in [0.3, 0.4) is 0 Å². The first-order valence-corrected chi connectivity index (χ1v) is 13.5. The van der Waals surface area contributed by atoms with Gasteiger partial charge in [0.1, 0.15) is 30.2 Å². The predicted octanol–water partition coefficient (Wildman–Crippen LogP) is 2.40. The van der Waals surface area contributed by atoms with E-state index < -0.39 is 38.0 Å². The number of hydrogen-bond donors (Lipinski definition) is 3. The Labute approximate surface area is 208 Å². The number of fused-ring (bicyclic) bond motifs is 1. The summed E-state index contributed by atoms with van der Waals surface area (Å²) >= 11 is 0. The number of nitrogen functional groups attached to an aromatic ring is 1. The molecule has 1 fully saturated rings. The van der Waals surface area contributed by atoms with Crippen LogP contribution in [0.4, 0.5) is 5.82 Å². The van der Waals surface area contributed by atoms with Crippen LogP contribution in [0.5, 0.6) is 0 Å². The Hall–Kier alpha value is -2.89. The highest BCUT2D eigenvalue weighted by Gasteiger charge is 2.38. The molecule has 0 bridgehead atoms. The highest BCUT2D eigenvalue weighted by molar-refractivity contribution is 7.56. The van der Waals surface area contributed by atoms with Gasteiger partial charge in [0.2, 0.25) is 0 Å². The van der Waals surface area contributed by atoms with Gasteiger partial charge in [-0.1, -0.05) is 30.3 Å². The smallest absolute Gasteiger partial charge is 0.323 e. The molecule has 0 radical (unpaired) electrons. The van der Waals surface area contributed by atoms with Crippen molar-refractivity contribution in [3.63, 3.8) is 0 Å². The van der Waals surface area contributed by atoms with Gasteiger partial charge in [0.15, 0.2) is 11.5 Å². The number of benzene rings is 1. The summed E-state index contributed by atoms with van der Waals surface area (Å²) in [5.74, 6) is -0.289. The van der Waals surface area contributed by atoms with Gasteiger partial charge in [0.05, 0.1) is 31.3 Å². The maximum Gasteiger partial charge on any atom is 0.323 e. The molecule has 4 rings (SSSR count). The number of aliphatic hydroxyl groups excluding tert-OH is 1. The number of carbonyl (C=O) groups is 1. The van der Waals surface area contributed by atoms with Gasteiger partial charge < -0.3 is 24.8 Å². The molecule has 194 valence electrons. The normalized spacial score (nSPS) is 22.5. The zero-order valence-electron chi connectivity index (χ0n) is 20.4. The number of esters is 1. The molecule has 12 nitrogen and oxygen atoms in total. The summed E-state index contributed by atoms with van der Waals surface area (Å²) in [6.45, 7) is 4.89. The molecule has 2 aromatic heterocycles. The van der Waals surface area contributed by atoms with Crippen molar-refractivity contribution >= 4 is 30.5 Å². The van der Waals surface area contributed by atoms with Gasteiger partial charge in [-0.15, -0.1) is 0 Å². The molecule has 2 unspecified atom stereocenters. The van der Waals surface area contributed by atoms with Crippen LogP contribution >= 0.6 is 7.52 Å². The van der Waals surface area contributed by atoms with E-state index >= 15 is 0 Å². The molecule has 36 heavy (non-hydrogen) atoms. The van der Waals surface area contributed by atoms with Crippen LogP contribution in [-0.2, 0) is 29.5 Å². The summed E-state index contributed by atoms with van der Waals surface area (Å²) in [6, 6.07) is 8.29. The number of aromatic nitrogens is 4. The second-order valence-electron chi connectivity index (χ2n) is 8.96. The van der Waals surface area contributed by atoms with Crippen LogP contribution in [0.25, 0.3) is 11.2 Å². The van der Waals surface area contributed by atoms with Gasteiger partial charge in [-0.05, 0) is 26.3 Å². The number of rotatable bonds is 10. The molecule has 5 atom stereocenters. The summed E-state index contributed by atoms with van der Waals surface area (Å²) < 4.78 is 32.6. The largest absolute Gasteiger partial charge is 0.462 e. The molecule has 1 aliphatic rings. The van der Waals surface area contributed by atoms with Crippen molar-refractivity contribution in [1.82, 2.24) is 24.6 Å². The van der Waals surface area contributed by atoms with E-state index in [0.717, 1.165) is 5.56 Å². The maximum atomic E-state index is 13.8. The molecule has 4 N–H and O–H groups in total. The lowest BCUT2D eigenvalue weighted by Gasteiger charge is -2.25. The molecule has 1 saturated heterocycles. The fourth-order valence-electron chi connectivity index (χ4n) is 3.94. The average Bonchev–Trinajstić information content (AvgIpc) is 3.42. The zero-order chi connectivity index (χ0) is 25.9. The topological polar surface area (TPSA) is 164 Å². The third-order valence-corrected chi connectivity index (χ3v) is 7.81. The lowest BCUT2D eigenvalue weighted by molar-refractivity contribution is -0.149. The number of hydrogen-bond acceptors (Lipinski definition) is 10. The standard InChI is InChI=1S/C23H31N6O6P/c1-14(2)34-23(31)15(3)28-36(32,11-16-7-5-4-6-8-16)33-10-18-17(30)9-19(35-18)29-13-27-20-21(24)25-12-26-22(20)29/h4-8,12-15,17-19,30H,9-11H2,1-3H3,(H,28,32)(H2,24,25,26)/t15?,17-,18-,19-,36?/m1/s1. The van der Waals surface area contributed by atoms with E-state index in [9.17, 15) is 14.5 Å². The molecule has 3 heterocycles. The quantitative estimate of drug-likeness (QED) is 0.267. The first-order valence-electron chi connectivity index (χ1n) is 11.7. The van der Waals surface area contributed by atoms with E-state index in [1.54, 1.807) is 25.3 Å². The number of aliphatic hydroxyl groups is 1. The van der Waals surface area contributed by atoms with Gasteiger partial charge in [-0.2, -0.15) is 0 Å². The minimum Gasteiger partial charge on any atom is -0.462 e. The van der Waals surface area contributed by atoms with Crippen molar-refractivity contribution in [3.05, 3.63) is 48.5 Å². The van der Waals surface area contributed by atoms with Crippen molar-refractivity contribution in [3.8, 4) is 0 Å². The van der Waals surface area contributed by atoms with Crippen LogP contribution in [0.2, 0.25) is 0 Å². The Bertz CT molecular complexity index is 1240. The Balaban J connectivity index is 1.46. The highest BCUT2D eigenvalue weighted by atomic mass is 31.2. The Kier molecular flexibility index (Phi) is 8.01. The Morgan fingerprint density at radius 2 is 2.03 bits per heavy atom. The van der Waals surface area contributed by atoms with Gasteiger partial charge >= 0.3 is 5.97 Å². The average molecular weight is 519 g/mol. The van der Waals surface area contributed by atoms with Crippen molar-refractivity contribution in [2.75, 3.05) is 12.3 Å². The minimum absolute atomic E-state index is 0.0434. The highest BCUT2D eigenvalue weighted by Crippen LogP contribution is 2.47. The van der Waals surface area contributed by atoms with E-state index in [4.69, 9.17) is 19.7 Å². The van der Waals surface area contributed by atoms with E-state index in [-0.39, 0.29) is 31.1 Å². The molecule has 0 saturated carbocycles. The first-order chi connectivity index (χ1) is 17.1. The molecule has 1 aliphatic heterocycles. The number of nitrogens with two attached hydrogens (primary N) is 1. The minimum atomic E-state index is -3.60. The van der Waals surface area contributed by atoms with Crippen LogP contribution in [0, 0.1) is 0 Å². The number of imidazole rings is 1. The van der Waals surface area contributed by atoms with Crippen molar-refractivity contribution in [2.45, 2.75) is 63.9 Å². The van der Waals surface area contributed by atoms with Crippen molar-refractivity contribution in [2.24, 2.45) is 0 Å². The number of nitrogens with zero attached hydrogens (tertiary/aromatic N) is 4. The molecule has 0 spiro atoms. The van der Waals surface area contributed by atoms with E-state index in [1.165, 1.54) is 12.7 Å². The van der Waals surface area contributed by atoms with Crippen LogP contribution in [0.15, 0.2) is 43.0 Å². The fourth-order valence-corrected chi connectivity index (χ4v) is 5.98. The first kappa shape index (κ1) is 26.2. The van der Waals surface area contributed by atoms with Gasteiger partial charge in [0, 0.05) is 6.42 Å². The Morgan fingerprint density at radius 1 is 1.28 bits per heavy atom.